The highest BCUT2D eigenvalue weighted by Crippen LogP contribution is 2.18. The molecule has 0 aliphatic heterocycles. The number of para-hydroxylation sites is 1. The van der Waals surface area contributed by atoms with Crippen LogP contribution in [0.25, 0.3) is 10.9 Å². The van der Waals surface area contributed by atoms with Gasteiger partial charge in [-0.25, -0.2) is 0 Å². The van der Waals surface area contributed by atoms with Crippen molar-refractivity contribution in [1.82, 2.24) is 14.9 Å². The summed E-state index contributed by atoms with van der Waals surface area (Å²) in [5, 5.41) is 4.11. The molecule has 2 N–H and O–H groups in total. The average Bonchev–Trinajstić information content (AvgIpc) is 3.02. The molecule has 0 saturated heterocycles. The highest BCUT2D eigenvalue weighted by atomic mass is 16.1. The summed E-state index contributed by atoms with van der Waals surface area (Å²) in [6.45, 7) is 3.11. The van der Waals surface area contributed by atoms with E-state index in [0.29, 0.717) is 25.9 Å². The summed E-state index contributed by atoms with van der Waals surface area (Å²) in [5.41, 5.74) is 3.21. The van der Waals surface area contributed by atoms with Crippen LogP contribution in [0.1, 0.15) is 24.1 Å². The van der Waals surface area contributed by atoms with E-state index in [1.165, 1.54) is 5.39 Å². The zero-order chi connectivity index (χ0) is 17.6. The number of amides is 1. The molecule has 130 valence electrons. The van der Waals surface area contributed by atoms with E-state index in [-0.39, 0.29) is 11.5 Å². The lowest BCUT2D eigenvalue weighted by atomic mass is 10.1. The first kappa shape index (κ1) is 17.0. The van der Waals surface area contributed by atoms with Crippen LogP contribution >= 0.6 is 0 Å². The predicted octanol–water partition coefficient (Wildman–Crippen LogP) is 2.78. The Morgan fingerprint density at radius 1 is 1.16 bits per heavy atom. The van der Waals surface area contributed by atoms with Gasteiger partial charge in [0.05, 0.1) is 0 Å². The van der Waals surface area contributed by atoms with Gasteiger partial charge in [0.25, 0.3) is 5.56 Å². The van der Waals surface area contributed by atoms with Crippen molar-refractivity contribution in [2.75, 3.05) is 6.54 Å². The summed E-state index contributed by atoms with van der Waals surface area (Å²) >= 11 is 0. The van der Waals surface area contributed by atoms with Gasteiger partial charge in [-0.3, -0.25) is 9.59 Å². The molecule has 2 heterocycles. The Hall–Kier alpha value is -2.82. The smallest absolute Gasteiger partial charge is 0.250 e. The first-order valence-corrected chi connectivity index (χ1v) is 8.63. The van der Waals surface area contributed by atoms with Gasteiger partial charge in [0.2, 0.25) is 5.91 Å². The van der Waals surface area contributed by atoms with Crippen LogP contribution in [-0.2, 0) is 17.8 Å². The maximum absolute atomic E-state index is 12.0. The highest BCUT2D eigenvalue weighted by molar-refractivity contribution is 5.84. The molecule has 3 rings (SSSR count). The van der Waals surface area contributed by atoms with Gasteiger partial charge in [0, 0.05) is 48.4 Å². The van der Waals surface area contributed by atoms with E-state index < -0.39 is 0 Å². The zero-order valence-electron chi connectivity index (χ0n) is 14.4. The molecule has 0 saturated carbocycles. The lowest BCUT2D eigenvalue weighted by Gasteiger charge is -2.09. The largest absolute Gasteiger partial charge is 0.361 e. The number of benzene rings is 1. The number of carbonyl (C=O) groups excluding carboxylic acids is 1. The summed E-state index contributed by atoms with van der Waals surface area (Å²) in [4.78, 5) is 27.0. The predicted molar refractivity (Wildman–Crippen MR) is 99.7 cm³/mol. The van der Waals surface area contributed by atoms with E-state index in [1.54, 1.807) is 16.7 Å². The number of rotatable bonds is 7. The molecule has 0 aliphatic rings. The molecule has 25 heavy (non-hydrogen) atoms. The van der Waals surface area contributed by atoms with Crippen LogP contribution in [0.2, 0.25) is 0 Å². The first-order valence-electron chi connectivity index (χ1n) is 8.63. The van der Waals surface area contributed by atoms with Crippen LogP contribution in [-0.4, -0.2) is 22.0 Å². The Kier molecular flexibility index (Phi) is 5.33. The molecule has 0 fully saturated rings. The second-order valence-electron chi connectivity index (χ2n) is 6.22. The summed E-state index contributed by atoms with van der Waals surface area (Å²) in [7, 11) is 0. The quantitative estimate of drug-likeness (QED) is 0.651. The van der Waals surface area contributed by atoms with E-state index in [0.717, 1.165) is 23.2 Å². The molecule has 0 spiro atoms. The summed E-state index contributed by atoms with van der Waals surface area (Å²) in [6.07, 6.45) is 3.89. The van der Waals surface area contributed by atoms with Crippen LogP contribution in [0.3, 0.4) is 0 Å². The monoisotopic (exact) mass is 337 g/mol. The standard InChI is InChI=1S/C20H23N3O2/c1-15-6-4-9-20(25)23(15)13-5-12-21-19(24)11-10-16-14-22-18-8-3-2-7-17(16)18/h2-4,6-9,14,22H,5,10-13H2,1H3,(H,21,24). The number of pyridine rings is 1. The minimum atomic E-state index is 0.00524. The lowest BCUT2D eigenvalue weighted by Crippen LogP contribution is -2.27. The van der Waals surface area contributed by atoms with Gasteiger partial charge in [-0.2, -0.15) is 0 Å². The number of H-pyrrole nitrogens is 1. The molecule has 0 atom stereocenters. The van der Waals surface area contributed by atoms with E-state index in [1.807, 2.05) is 37.4 Å². The maximum atomic E-state index is 12.0. The number of hydrogen-bond donors (Lipinski definition) is 2. The third-order valence-corrected chi connectivity index (χ3v) is 4.44. The fourth-order valence-corrected chi connectivity index (χ4v) is 3.05. The van der Waals surface area contributed by atoms with Crippen LogP contribution in [0.15, 0.2) is 53.5 Å². The fourth-order valence-electron chi connectivity index (χ4n) is 3.05. The molecular weight excluding hydrogens is 314 g/mol. The minimum Gasteiger partial charge on any atom is -0.361 e. The van der Waals surface area contributed by atoms with Crippen molar-refractivity contribution in [3.63, 3.8) is 0 Å². The van der Waals surface area contributed by atoms with E-state index >= 15 is 0 Å². The van der Waals surface area contributed by atoms with Crippen molar-refractivity contribution in [3.05, 3.63) is 70.3 Å². The minimum absolute atomic E-state index is 0.00524. The summed E-state index contributed by atoms with van der Waals surface area (Å²) < 4.78 is 1.73. The number of hydrogen-bond acceptors (Lipinski definition) is 2. The molecule has 5 heteroatoms. The van der Waals surface area contributed by atoms with E-state index in [4.69, 9.17) is 0 Å². The van der Waals surface area contributed by atoms with Gasteiger partial charge in [-0.05, 0) is 37.5 Å². The molecule has 0 bridgehead atoms. The molecule has 0 aliphatic carbocycles. The Morgan fingerprint density at radius 3 is 2.84 bits per heavy atom. The van der Waals surface area contributed by atoms with E-state index in [9.17, 15) is 9.59 Å². The van der Waals surface area contributed by atoms with Crippen molar-refractivity contribution in [2.24, 2.45) is 0 Å². The summed E-state index contributed by atoms with van der Waals surface area (Å²) in [5.74, 6) is 0.0439. The number of aromatic amines is 1. The van der Waals surface area contributed by atoms with Gasteiger partial charge in [0.15, 0.2) is 0 Å². The van der Waals surface area contributed by atoms with Crippen molar-refractivity contribution in [3.8, 4) is 0 Å². The number of fused-ring (bicyclic) bond motifs is 1. The number of aromatic nitrogens is 2. The van der Waals surface area contributed by atoms with Crippen LogP contribution in [0, 0.1) is 6.92 Å². The van der Waals surface area contributed by atoms with Crippen molar-refractivity contribution < 1.29 is 4.79 Å². The normalized spacial score (nSPS) is 10.9. The Morgan fingerprint density at radius 2 is 2.00 bits per heavy atom. The molecule has 0 radical (unpaired) electrons. The number of aryl methyl sites for hydroxylation is 2. The Labute approximate surface area is 146 Å². The molecule has 5 nitrogen and oxygen atoms in total. The molecule has 1 amide bonds. The SMILES string of the molecule is Cc1cccc(=O)n1CCCNC(=O)CCc1c[nH]c2ccccc12. The van der Waals surface area contributed by atoms with Crippen molar-refractivity contribution in [2.45, 2.75) is 32.7 Å². The Balaban J connectivity index is 1.43. The molecule has 0 unspecified atom stereocenters. The third-order valence-electron chi connectivity index (χ3n) is 4.44. The highest BCUT2D eigenvalue weighted by Gasteiger charge is 2.06. The molecule has 3 aromatic rings. The van der Waals surface area contributed by atoms with Crippen molar-refractivity contribution in [1.29, 1.82) is 0 Å². The van der Waals surface area contributed by atoms with Gasteiger partial charge in [-0.15, -0.1) is 0 Å². The van der Waals surface area contributed by atoms with Crippen LogP contribution < -0.4 is 10.9 Å². The van der Waals surface area contributed by atoms with Gasteiger partial charge >= 0.3 is 0 Å². The molecule has 1 aromatic carbocycles. The Bertz CT molecular complexity index is 924. The maximum Gasteiger partial charge on any atom is 0.250 e. The second-order valence-corrected chi connectivity index (χ2v) is 6.22. The van der Waals surface area contributed by atoms with Gasteiger partial charge < -0.3 is 14.9 Å². The topological polar surface area (TPSA) is 66.9 Å². The second kappa shape index (κ2) is 7.83. The zero-order valence-corrected chi connectivity index (χ0v) is 14.4. The van der Waals surface area contributed by atoms with Gasteiger partial charge in [0.1, 0.15) is 0 Å². The van der Waals surface area contributed by atoms with Crippen molar-refractivity contribution >= 4 is 16.8 Å². The number of nitrogens with one attached hydrogen (secondary N) is 2. The van der Waals surface area contributed by atoms with E-state index in [2.05, 4.69) is 16.4 Å². The average molecular weight is 337 g/mol. The third kappa shape index (κ3) is 4.18. The van der Waals surface area contributed by atoms with Crippen LogP contribution in [0.5, 0.6) is 0 Å². The summed E-state index contributed by atoms with van der Waals surface area (Å²) in [6, 6.07) is 13.3. The number of carbonyl (C=O) groups is 1. The van der Waals surface area contributed by atoms with Crippen LogP contribution in [0.4, 0.5) is 0 Å². The molecular formula is C20H23N3O2. The number of nitrogens with zero attached hydrogens (tertiary/aromatic N) is 1. The fraction of sp³-hybridized carbons (Fsp3) is 0.300. The first-order chi connectivity index (χ1) is 12.1. The molecule has 2 aromatic heterocycles. The lowest BCUT2D eigenvalue weighted by molar-refractivity contribution is -0.121. The van der Waals surface area contributed by atoms with Gasteiger partial charge in [-0.1, -0.05) is 24.3 Å².